The van der Waals surface area contributed by atoms with E-state index in [0.29, 0.717) is 28.5 Å². The van der Waals surface area contributed by atoms with Crippen LogP contribution in [0.2, 0.25) is 0 Å². The first kappa shape index (κ1) is 18.4. The van der Waals surface area contributed by atoms with Gasteiger partial charge in [0, 0.05) is 30.8 Å². The van der Waals surface area contributed by atoms with E-state index in [1.807, 2.05) is 6.07 Å². The predicted octanol–water partition coefficient (Wildman–Crippen LogP) is 3.17. The lowest BCUT2D eigenvalue weighted by atomic mass is 10.1. The molecule has 140 valence electrons. The van der Waals surface area contributed by atoms with E-state index in [1.54, 1.807) is 57.7 Å². The molecule has 0 unspecified atom stereocenters. The number of amides is 1. The lowest BCUT2D eigenvalue weighted by Crippen LogP contribution is -2.25. The van der Waals surface area contributed by atoms with Gasteiger partial charge in [0.25, 0.3) is 5.91 Å². The monoisotopic (exact) mass is 369 g/mol. The minimum atomic E-state index is -0.355. The maximum Gasteiger partial charge on any atom is 0.269 e. The highest BCUT2D eigenvalue weighted by molar-refractivity contribution is 5.93. The van der Waals surface area contributed by atoms with Crippen LogP contribution in [0.3, 0.4) is 0 Å². The van der Waals surface area contributed by atoms with Crippen molar-refractivity contribution in [2.75, 3.05) is 14.2 Å². The second kappa shape index (κ2) is 7.90. The van der Waals surface area contributed by atoms with Gasteiger partial charge in [-0.05, 0) is 24.3 Å². The zero-order valence-electron chi connectivity index (χ0n) is 15.3. The highest BCUT2D eigenvalue weighted by atomic mass is 19.1. The van der Waals surface area contributed by atoms with Gasteiger partial charge in [0.15, 0.2) is 0 Å². The molecule has 0 saturated carbocycles. The van der Waals surface area contributed by atoms with Gasteiger partial charge in [0.2, 0.25) is 0 Å². The van der Waals surface area contributed by atoms with E-state index >= 15 is 0 Å². The molecular formula is C20H20FN3O3. The third-order valence-corrected chi connectivity index (χ3v) is 4.19. The van der Waals surface area contributed by atoms with Crippen molar-refractivity contribution in [3.63, 3.8) is 0 Å². The molecule has 0 bridgehead atoms. The van der Waals surface area contributed by atoms with Gasteiger partial charge in [0.1, 0.15) is 23.0 Å². The Balaban J connectivity index is 1.82. The average molecular weight is 369 g/mol. The fourth-order valence-corrected chi connectivity index (χ4v) is 2.73. The molecule has 0 saturated heterocycles. The van der Waals surface area contributed by atoms with Crippen molar-refractivity contribution in [3.8, 4) is 22.8 Å². The molecule has 6 nitrogen and oxygen atoms in total. The maximum atomic E-state index is 13.7. The summed E-state index contributed by atoms with van der Waals surface area (Å²) in [4.78, 5) is 12.5. The van der Waals surface area contributed by atoms with Crippen molar-refractivity contribution < 1.29 is 18.7 Å². The summed E-state index contributed by atoms with van der Waals surface area (Å²) in [6.07, 6.45) is 0. The van der Waals surface area contributed by atoms with Crippen LogP contribution in [0, 0.1) is 5.82 Å². The van der Waals surface area contributed by atoms with Gasteiger partial charge >= 0.3 is 0 Å². The number of benzene rings is 2. The number of carbonyl (C=O) groups is 1. The number of halogens is 1. The molecule has 2 aromatic carbocycles. The number of rotatable bonds is 6. The van der Waals surface area contributed by atoms with Crippen LogP contribution in [0.25, 0.3) is 11.3 Å². The Labute approximate surface area is 156 Å². The van der Waals surface area contributed by atoms with E-state index in [0.717, 1.165) is 5.56 Å². The standard InChI is InChI=1S/C20H20FN3O3/c1-24-18(20(25)22-12-13-6-4-5-7-16(13)21)11-17(23-24)15-9-8-14(26-2)10-19(15)27-3/h4-11H,12H2,1-3H3,(H,22,25). The Morgan fingerprint density at radius 2 is 1.93 bits per heavy atom. The molecular weight excluding hydrogens is 349 g/mol. The number of nitrogens with zero attached hydrogens (tertiary/aromatic N) is 2. The molecule has 1 amide bonds. The number of aryl methyl sites for hydroxylation is 1. The van der Waals surface area contributed by atoms with Crippen LogP contribution in [0.4, 0.5) is 4.39 Å². The summed E-state index contributed by atoms with van der Waals surface area (Å²) in [7, 11) is 4.81. The van der Waals surface area contributed by atoms with Crippen LogP contribution in [-0.4, -0.2) is 29.9 Å². The second-order valence-electron chi connectivity index (χ2n) is 5.88. The zero-order chi connectivity index (χ0) is 19.4. The minimum Gasteiger partial charge on any atom is -0.497 e. The number of carbonyl (C=O) groups excluding carboxylic acids is 1. The topological polar surface area (TPSA) is 65.4 Å². The molecule has 0 aliphatic heterocycles. The minimum absolute atomic E-state index is 0.0951. The van der Waals surface area contributed by atoms with Crippen LogP contribution in [0.5, 0.6) is 11.5 Å². The summed E-state index contributed by atoms with van der Waals surface area (Å²) in [6.45, 7) is 0.0951. The van der Waals surface area contributed by atoms with Crippen LogP contribution in [0.15, 0.2) is 48.5 Å². The van der Waals surface area contributed by atoms with E-state index < -0.39 is 0 Å². The third kappa shape index (κ3) is 3.92. The number of hydrogen-bond donors (Lipinski definition) is 1. The highest BCUT2D eigenvalue weighted by Gasteiger charge is 2.17. The summed E-state index contributed by atoms with van der Waals surface area (Å²) < 4.78 is 25.8. The summed E-state index contributed by atoms with van der Waals surface area (Å²) >= 11 is 0. The maximum absolute atomic E-state index is 13.7. The lowest BCUT2D eigenvalue weighted by molar-refractivity contribution is 0.0941. The SMILES string of the molecule is COc1ccc(-c2cc(C(=O)NCc3ccccc3F)n(C)n2)c(OC)c1. The Morgan fingerprint density at radius 1 is 1.15 bits per heavy atom. The molecule has 0 spiro atoms. The van der Waals surface area contributed by atoms with Crippen LogP contribution >= 0.6 is 0 Å². The van der Waals surface area contributed by atoms with Gasteiger partial charge in [-0.15, -0.1) is 0 Å². The number of ether oxygens (including phenoxy) is 2. The summed E-state index contributed by atoms with van der Waals surface area (Å²) in [5.74, 6) is 0.554. The van der Waals surface area contributed by atoms with Crippen molar-refractivity contribution in [1.29, 1.82) is 0 Å². The fourth-order valence-electron chi connectivity index (χ4n) is 2.73. The smallest absolute Gasteiger partial charge is 0.269 e. The average Bonchev–Trinajstić information content (AvgIpc) is 3.08. The molecule has 0 atom stereocenters. The Kier molecular flexibility index (Phi) is 5.40. The molecule has 3 aromatic rings. The van der Waals surface area contributed by atoms with Crippen molar-refractivity contribution in [2.45, 2.75) is 6.54 Å². The van der Waals surface area contributed by atoms with Crippen molar-refractivity contribution in [1.82, 2.24) is 15.1 Å². The number of hydrogen-bond acceptors (Lipinski definition) is 4. The molecule has 1 heterocycles. The molecule has 0 aliphatic rings. The van der Waals surface area contributed by atoms with E-state index in [1.165, 1.54) is 10.7 Å². The summed E-state index contributed by atoms with van der Waals surface area (Å²) in [6, 6.07) is 13.4. The molecule has 3 rings (SSSR count). The first-order valence-electron chi connectivity index (χ1n) is 8.31. The largest absolute Gasteiger partial charge is 0.497 e. The number of nitrogens with one attached hydrogen (secondary N) is 1. The van der Waals surface area contributed by atoms with Crippen LogP contribution in [-0.2, 0) is 13.6 Å². The summed E-state index contributed by atoms with van der Waals surface area (Å²) in [5.41, 5.74) is 2.11. The Morgan fingerprint density at radius 3 is 2.63 bits per heavy atom. The molecule has 27 heavy (non-hydrogen) atoms. The molecule has 1 aromatic heterocycles. The molecule has 1 N–H and O–H groups in total. The normalized spacial score (nSPS) is 10.5. The van der Waals surface area contributed by atoms with Gasteiger partial charge in [-0.25, -0.2) is 4.39 Å². The fraction of sp³-hybridized carbons (Fsp3) is 0.200. The molecule has 0 aliphatic carbocycles. The van der Waals surface area contributed by atoms with Gasteiger partial charge in [-0.1, -0.05) is 18.2 Å². The first-order chi connectivity index (χ1) is 13.0. The number of methoxy groups -OCH3 is 2. The van der Waals surface area contributed by atoms with Crippen LogP contribution in [0.1, 0.15) is 16.1 Å². The van der Waals surface area contributed by atoms with Crippen molar-refractivity contribution >= 4 is 5.91 Å². The molecule has 7 heteroatoms. The first-order valence-corrected chi connectivity index (χ1v) is 8.31. The quantitative estimate of drug-likeness (QED) is 0.725. The zero-order valence-corrected chi connectivity index (χ0v) is 15.3. The van der Waals surface area contributed by atoms with E-state index in [9.17, 15) is 9.18 Å². The van der Waals surface area contributed by atoms with Gasteiger partial charge < -0.3 is 14.8 Å². The predicted molar refractivity (Wildman–Crippen MR) is 99.3 cm³/mol. The third-order valence-electron chi connectivity index (χ3n) is 4.19. The number of aromatic nitrogens is 2. The van der Waals surface area contributed by atoms with E-state index in [4.69, 9.17) is 9.47 Å². The van der Waals surface area contributed by atoms with Gasteiger partial charge in [-0.3, -0.25) is 9.48 Å². The molecule has 0 fully saturated rings. The second-order valence-corrected chi connectivity index (χ2v) is 5.88. The van der Waals surface area contributed by atoms with E-state index in [2.05, 4.69) is 10.4 Å². The van der Waals surface area contributed by atoms with Gasteiger partial charge in [0.05, 0.1) is 19.9 Å². The lowest BCUT2D eigenvalue weighted by Gasteiger charge is -2.08. The van der Waals surface area contributed by atoms with Gasteiger partial charge in [-0.2, -0.15) is 5.10 Å². The van der Waals surface area contributed by atoms with Crippen molar-refractivity contribution in [2.24, 2.45) is 7.05 Å². The summed E-state index contributed by atoms with van der Waals surface area (Å²) in [5, 5.41) is 7.12. The Bertz CT molecular complexity index is 969. The Hall–Kier alpha value is -3.35. The molecule has 0 radical (unpaired) electrons. The highest BCUT2D eigenvalue weighted by Crippen LogP contribution is 2.32. The van der Waals surface area contributed by atoms with Crippen molar-refractivity contribution in [3.05, 3.63) is 65.6 Å². The van der Waals surface area contributed by atoms with Crippen LogP contribution < -0.4 is 14.8 Å². The van der Waals surface area contributed by atoms with E-state index in [-0.39, 0.29) is 18.3 Å².